The van der Waals surface area contributed by atoms with E-state index in [-0.39, 0.29) is 12.4 Å². The number of hydrogen-bond acceptors (Lipinski definition) is 1. The zero-order valence-electron chi connectivity index (χ0n) is 18.9. The number of nitrogens with zero attached hydrogens (tertiary/aromatic N) is 1. The standard InChI is InChI=1S/C24H51N.ClH/c1-5-8-10-12-14-16-18-20-22-25(24(4)7-3)23-21-19-17-15-13-11-9-6-2;/h24H,5-23H2,1-4H3;1H. The van der Waals surface area contributed by atoms with Crippen molar-refractivity contribution in [1.29, 1.82) is 0 Å². The molecule has 0 fully saturated rings. The first-order valence-corrected chi connectivity index (χ1v) is 12.0. The molecule has 0 bridgehead atoms. The molecule has 0 rings (SSSR count). The van der Waals surface area contributed by atoms with Crippen molar-refractivity contribution in [2.24, 2.45) is 0 Å². The van der Waals surface area contributed by atoms with Gasteiger partial charge in [-0.15, -0.1) is 12.4 Å². The molecule has 1 nitrogen and oxygen atoms in total. The Morgan fingerprint density at radius 3 is 1.12 bits per heavy atom. The quantitative estimate of drug-likeness (QED) is 0.188. The van der Waals surface area contributed by atoms with Gasteiger partial charge in [0.25, 0.3) is 0 Å². The lowest BCUT2D eigenvalue weighted by molar-refractivity contribution is 0.195. The molecule has 0 aromatic carbocycles. The van der Waals surface area contributed by atoms with Gasteiger partial charge in [0.05, 0.1) is 0 Å². The van der Waals surface area contributed by atoms with E-state index in [1.165, 1.54) is 122 Å². The van der Waals surface area contributed by atoms with E-state index in [0.29, 0.717) is 0 Å². The summed E-state index contributed by atoms with van der Waals surface area (Å²) in [6.45, 7) is 12.0. The third-order valence-corrected chi connectivity index (χ3v) is 5.81. The predicted octanol–water partition coefficient (Wildman–Crippen LogP) is 8.79. The Labute approximate surface area is 173 Å². The maximum absolute atomic E-state index is 2.77. The number of unbranched alkanes of at least 4 members (excludes halogenated alkanes) is 14. The molecule has 26 heavy (non-hydrogen) atoms. The van der Waals surface area contributed by atoms with Gasteiger partial charge in [0, 0.05) is 6.04 Å². The van der Waals surface area contributed by atoms with Crippen molar-refractivity contribution in [2.45, 2.75) is 143 Å². The van der Waals surface area contributed by atoms with E-state index >= 15 is 0 Å². The fraction of sp³-hybridized carbons (Fsp3) is 1.00. The van der Waals surface area contributed by atoms with E-state index in [2.05, 4.69) is 32.6 Å². The normalized spacial score (nSPS) is 12.3. The largest absolute Gasteiger partial charge is 0.301 e. The SMILES string of the molecule is CCCCCCCCCCN(CCCCCCCCCC)C(C)CC.Cl. The van der Waals surface area contributed by atoms with Crippen molar-refractivity contribution >= 4 is 12.4 Å². The Balaban J connectivity index is 0. The number of rotatable bonds is 20. The molecular formula is C24H52ClN. The second kappa shape index (κ2) is 23.3. The van der Waals surface area contributed by atoms with E-state index in [4.69, 9.17) is 0 Å². The van der Waals surface area contributed by atoms with Gasteiger partial charge in [-0.1, -0.05) is 111 Å². The molecule has 1 atom stereocenters. The van der Waals surface area contributed by atoms with Crippen molar-refractivity contribution in [1.82, 2.24) is 4.90 Å². The van der Waals surface area contributed by atoms with Crippen LogP contribution in [0.25, 0.3) is 0 Å². The third kappa shape index (κ3) is 19.0. The van der Waals surface area contributed by atoms with E-state index in [9.17, 15) is 0 Å². The van der Waals surface area contributed by atoms with Crippen LogP contribution in [0.5, 0.6) is 0 Å². The fourth-order valence-electron chi connectivity index (χ4n) is 3.71. The first-order chi connectivity index (χ1) is 12.3. The van der Waals surface area contributed by atoms with E-state index in [1.54, 1.807) is 0 Å². The van der Waals surface area contributed by atoms with Crippen LogP contribution in [0.2, 0.25) is 0 Å². The summed E-state index contributed by atoms with van der Waals surface area (Å²) in [7, 11) is 0. The van der Waals surface area contributed by atoms with Crippen LogP contribution < -0.4 is 0 Å². The van der Waals surface area contributed by atoms with Gasteiger partial charge >= 0.3 is 0 Å². The molecule has 0 spiro atoms. The minimum absolute atomic E-state index is 0. The highest BCUT2D eigenvalue weighted by atomic mass is 35.5. The van der Waals surface area contributed by atoms with Crippen LogP contribution in [0, 0.1) is 0 Å². The summed E-state index contributed by atoms with van der Waals surface area (Å²) in [6, 6.07) is 0.772. The highest BCUT2D eigenvalue weighted by Gasteiger charge is 2.11. The third-order valence-electron chi connectivity index (χ3n) is 5.81. The molecule has 1 unspecified atom stereocenters. The molecular weight excluding hydrogens is 338 g/mol. The van der Waals surface area contributed by atoms with Crippen LogP contribution in [0.3, 0.4) is 0 Å². The maximum Gasteiger partial charge on any atom is 0.00643 e. The molecule has 160 valence electrons. The molecule has 0 aliphatic heterocycles. The molecule has 0 aromatic heterocycles. The molecule has 0 aromatic rings. The van der Waals surface area contributed by atoms with Gasteiger partial charge in [0.1, 0.15) is 0 Å². The smallest absolute Gasteiger partial charge is 0.00643 e. The van der Waals surface area contributed by atoms with Crippen LogP contribution in [0.1, 0.15) is 137 Å². The molecule has 0 saturated heterocycles. The highest BCUT2D eigenvalue weighted by Crippen LogP contribution is 2.13. The summed E-state index contributed by atoms with van der Waals surface area (Å²) in [6.07, 6.45) is 24.2. The summed E-state index contributed by atoms with van der Waals surface area (Å²) < 4.78 is 0. The second-order valence-electron chi connectivity index (χ2n) is 8.24. The fourth-order valence-corrected chi connectivity index (χ4v) is 3.71. The average molecular weight is 390 g/mol. The molecule has 0 N–H and O–H groups in total. The molecule has 0 amide bonds. The lowest BCUT2D eigenvalue weighted by Gasteiger charge is -2.28. The molecule has 0 saturated carbocycles. The first kappa shape index (κ1) is 28.5. The van der Waals surface area contributed by atoms with Gasteiger partial charge in [-0.2, -0.15) is 0 Å². The van der Waals surface area contributed by atoms with Crippen molar-refractivity contribution in [3.05, 3.63) is 0 Å². The minimum atomic E-state index is 0. The topological polar surface area (TPSA) is 3.24 Å². The van der Waals surface area contributed by atoms with Gasteiger partial charge < -0.3 is 4.90 Å². The second-order valence-corrected chi connectivity index (χ2v) is 8.24. The van der Waals surface area contributed by atoms with Crippen LogP contribution in [0.15, 0.2) is 0 Å². The minimum Gasteiger partial charge on any atom is -0.301 e. The Morgan fingerprint density at radius 1 is 0.500 bits per heavy atom. The highest BCUT2D eigenvalue weighted by molar-refractivity contribution is 5.85. The van der Waals surface area contributed by atoms with Crippen molar-refractivity contribution in [3.8, 4) is 0 Å². The summed E-state index contributed by atoms with van der Waals surface area (Å²) in [5.74, 6) is 0. The Morgan fingerprint density at radius 2 is 0.808 bits per heavy atom. The number of hydrogen-bond donors (Lipinski definition) is 0. The maximum atomic E-state index is 2.77. The van der Waals surface area contributed by atoms with Gasteiger partial charge in [-0.05, 0) is 39.3 Å². The van der Waals surface area contributed by atoms with Gasteiger partial charge in [-0.25, -0.2) is 0 Å². The van der Waals surface area contributed by atoms with Gasteiger partial charge in [0.15, 0.2) is 0 Å². The van der Waals surface area contributed by atoms with Crippen LogP contribution in [-0.2, 0) is 0 Å². The average Bonchev–Trinajstić information content (AvgIpc) is 2.63. The monoisotopic (exact) mass is 389 g/mol. The summed E-state index contributed by atoms with van der Waals surface area (Å²) in [4.78, 5) is 2.77. The lowest BCUT2D eigenvalue weighted by Crippen LogP contribution is -2.34. The van der Waals surface area contributed by atoms with E-state index in [1.807, 2.05) is 0 Å². The Bertz CT molecular complexity index is 224. The number of halogens is 1. The van der Waals surface area contributed by atoms with Gasteiger partial charge in [0.2, 0.25) is 0 Å². The first-order valence-electron chi connectivity index (χ1n) is 12.0. The van der Waals surface area contributed by atoms with E-state index < -0.39 is 0 Å². The van der Waals surface area contributed by atoms with E-state index in [0.717, 1.165) is 6.04 Å². The van der Waals surface area contributed by atoms with Crippen molar-refractivity contribution < 1.29 is 0 Å². The molecule has 0 radical (unpaired) electrons. The molecule has 0 heterocycles. The molecule has 0 aliphatic carbocycles. The summed E-state index contributed by atoms with van der Waals surface area (Å²) in [5.41, 5.74) is 0. The van der Waals surface area contributed by atoms with Crippen molar-refractivity contribution in [2.75, 3.05) is 13.1 Å². The van der Waals surface area contributed by atoms with Crippen LogP contribution >= 0.6 is 12.4 Å². The van der Waals surface area contributed by atoms with Crippen LogP contribution in [0.4, 0.5) is 0 Å². The lowest BCUT2D eigenvalue weighted by atomic mass is 10.1. The molecule has 0 aliphatic rings. The summed E-state index contributed by atoms with van der Waals surface area (Å²) >= 11 is 0. The zero-order chi connectivity index (χ0) is 18.6. The Kier molecular flexibility index (Phi) is 25.5. The van der Waals surface area contributed by atoms with Crippen LogP contribution in [-0.4, -0.2) is 24.0 Å². The van der Waals surface area contributed by atoms with Crippen molar-refractivity contribution in [3.63, 3.8) is 0 Å². The Hall–Kier alpha value is 0.250. The van der Waals surface area contributed by atoms with Gasteiger partial charge in [-0.3, -0.25) is 0 Å². The zero-order valence-corrected chi connectivity index (χ0v) is 19.7. The molecule has 2 heteroatoms. The predicted molar refractivity (Wildman–Crippen MR) is 124 cm³/mol. The summed E-state index contributed by atoms with van der Waals surface area (Å²) in [5, 5.41) is 0.